The third kappa shape index (κ3) is 3.35. The maximum atomic E-state index is 12.3. The van der Waals surface area contributed by atoms with Crippen LogP contribution in [-0.2, 0) is 16.0 Å². The van der Waals surface area contributed by atoms with E-state index in [1.54, 1.807) is 25.1 Å². The van der Waals surface area contributed by atoms with Crippen molar-refractivity contribution in [3.63, 3.8) is 0 Å². The molecule has 0 fully saturated rings. The molecule has 0 bridgehead atoms. The molecule has 24 heavy (non-hydrogen) atoms. The minimum atomic E-state index is -0.849. The molecule has 1 heterocycles. The number of Topliss-reactive ketones (excluding diaryl/α,β-unsaturated/α-hetero) is 1. The number of benzene rings is 2. The summed E-state index contributed by atoms with van der Waals surface area (Å²) in [5, 5.41) is 4.66. The molecule has 5 heteroatoms. The fraction of sp³-hybridized carbons (Fsp3) is 0.211. The average molecular weight is 323 g/mol. The molecule has 0 aliphatic carbocycles. The van der Waals surface area contributed by atoms with E-state index in [0.29, 0.717) is 16.8 Å². The van der Waals surface area contributed by atoms with Crippen molar-refractivity contribution in [2.45, 2.75) is 26.4 Å². The molecule has 3 aromatic rings. The molecular formula is C19H17NO4. The van der Waals surface area contributed by atoms with E-state index in [4.69, 9.17) is 9.26 Å². The molecule has 0 N–H and O–H groups in total. The number of aryl methyl sites for hydroxylation is 1. The van der Waals surface area contributed by atoms with Gasteiger partial charge in [0.15, 0.2) is 11.7 Å². The number of fused-ring (bicyclic) bond motifs is 1. The summed E-state index contributed by atoms with van der Waals surface area (Å²) in [6.45, 7) is 3.51. The smallest absolute Gasteiger partial charge is 0.312 e. The van der Waals surface area contributed by atoms with E-state index in [1.165, 1.54) is 0 Å². The van der Waals surface area contributed by atoms with Crippen molar-refractivity contribution in [3.05, 3.63) is 65.4 Å². The Hall–Kier alpha value is -2.95. The number of para-hydroxylation sites is 1. The first-order valence-corrected chi connectivity index (χ1v) is 7.68. The lowest BCUT2D eigenvalue weighted by Gasteiger charge is -2.12. The zero-order chi connectivity index (χ0) is 17.1. The van der Waals surface area contributed by atoms with Gasteiger partial charge in [0.25, 0.3) is 0 Å². The second-order valence-corrected chi connectivity index (χ2v) is 5.66. The summed E-state index contributed by atoms with van der Waals surface area (Å²) < 4.78 is 10.4. The Morgan fingerprint density at radius 3 is 2.58 bits per heavy atom. The Balaban J connectivity index is 1.66. The Morgan fingerprint density at radius 1 is 1.12 bits per heavy atom. The van der Waals surface area contributed by atoms with Crippen molar-refractivity contribution in [1.82, 2.24) is 5.16 Å². The fourth-order valence-corrected chi connectivity index (χ4v) is 2.45. The van der Waals surface area contributed by atoms with Crippen LogP contribution < -0.4 is 0 Å². The van der Waals surface area contributed by atoms with Crippen molar-refractivity contribution in [1.29, 1.82) is 0 Å². The predicted octanol–water partition coefficient (Wildman–Crippen LogP) is 3.49. The second kappa shape index (κ2) is 6.66. The SMILES string of the molecule is Cc1ccc(C(=O)[C@H](C)OC(=O)Cc2noc3ccccc23)cc1. The van der Waals surface area contributed by atoms with Crippen LogP contribution in [0, 0.1) is 6.92 Å². The monoisotopic (exact) mass is 323 g/mol. The van der Waals surface area contributed by atoms with Gasteiger partial charge in [-0.15, -0.1) is 0 Å². The molecule has 5 nitrogen and oxygen atoms in total. The molecule has 0 amide bonds. The summed E-state index contributed by atoms with van der Waals surface area (Å²) in [5.74, 6) is -0.740. The number of nitrogens with zero attached hydrogens (tertiary/aromatic N) is 1. The van der Waals surface area contributed by atoms with E-state index in [2.05, 4.69) is 5.16 Å². The number of hydrogen-bond acceptors (Lipinski definition) is 5. The first kappa shape index (κ1) is 15.9. The maximum Gasteiger partial charge on any atom is 0.312 e. The van der Waals surface area contributed by atoms with E-state index in [-0.39, 0.29) is 12.2 Å². The fourth-order valence-electron chi connectivity index (χ4n) is 2.45. The summed E-state index contributed by atoms with van der Waals surface area (Å²) in [7, 11) is 0. The van der Waals surface area contributed by atoms with Gasteiger partial charge in [-0.1, -0.05) is 47.1 Å². The van der Waals surface area contributed by atoms with Crippen molar-refractivity contribution in [3.8, 4) is 0 Å². The molecule has 0 radical (unpaired) electrons. The number of ketones is 1. The van der Waals surface area contributed by atoms with Crippen LogP contribution in [0.15, 0.2) is 53.1 Å². The number of carbonyl (C=O) groups is 2. The number of hydrogen-bond donors (Lipinski definition) is 0. The molecule has 1 atom stereocenters. The van der Waals surface area contributed by atoms with E-state index in [0.717, 1.165) is 10.9 Å². The van der Waals surface area contributed by atoms with Gasteiger partial charge in [-0.3, -0.25) is 9.59 Å². The molecule has 0 saturated carbocycles. The lowest BCUT2D eigenvalue weighted by atomic mass is 10.1. The van der Waals surface area contributed by atoms with E-state index in [9.17, 15) is 9.59 Å². The first-order valence-electron chi connectivity index (χ1n) is 7.68. The van der Waals surface area contributed by atoms with E-state index >= 15 is 0 Å². The molecule has 0 aliphatic heterocycles. The van der Waals surface area contributed by atoms with Crippen molar-refractivity contribution in [2.24, 2.45) is 0 Å². The van der Waals surface area contributed by atoms with Crippen LogP contribution in [0.4, 0.5) is 0 Å². The molecule has 0 unspecified atom stereocenters. The number of ether oxygens (including phenoxy) is 1. The van der Waals surface area contributed by atoms with Crippen LogP contribution in [0.2, 0.25) is 0 Å². The Morgan fingerprint density at radius 2 is 1.83 bits per heavy atom. The average Bonchev–Trinajstić information content (AvgIpc) is 2.98. The van der Waals surface area contributed by atoms with Gasteiger partial charge >= 0.3 is 5.97 Å². The predicted molar refractivity (Wildman–Crippen MR) is 88.8 cm³/mol. The van der Waals surface area contributed by atoms with Gasteiger partial charge in [0, 0.05) is 10.9 Å². The third-order valence-electron chi connectivity index (χ3n) is 3.78. The zero-order valence-corrected chi connectivity index (χ0v) is 13.5. The van der Waals surface area contributed by atoms with Crippen LogP contribution in [0.25, 0.3) is 11.0 Å². The summed E-state index contributed by atoms with van der Waals surface area (Å²) in [6.07, 6.45) is -0.888. The molecule has 0 saturated heterocycles. The van der Waals surface area contributed by atoms with Crippen LogP contribution in [0.3, 0.4) is 0 Å². The van der Waals surface area contributed by atoms with Gasteiger partial charge in [-0.05, 0) is 26.0 Å². The Kier molecular flexibility index (Phi) is 4.42. The quantitative estimate of drug-likeness (QED) is 0.531. The molecule has 3 rings (SSSR count). The summed E-state index contributed by atoms with van der Waals surface area (Å²) in [6, 6.07) is 14.4. The van der Waals surface area contributed by atoms with Crippen molar-refractivity contribution < 1.29 is 18.8 Å². The van der Waals surface area contributed by atoms with Crippen LogP contribution in [0.5, 0.6) is 0 Å². The normalized spacial score (nSPS) is 12.1. The highest BCUT2D eigenvalue weighted by molar-refractivity contribution is 6.00. The standard InChI is InChI=1S/C19H17NO4/c1-12-7-9-14(10-8-12)19(22)13(2)23-18(21)11-16-15-5-3-4-6-17(15)24-20-16/h3-10,13H,11H2,1-2H3/t13-/m0/s1. The molecule has 122 valence electrons. The van der Waals surface area contributed by atoms with Gasteiger partial charge < -0.3 is 9.26 Å². The van der Waals surface area contributed by atoms with Gasteiger partial charge in [0.05, 0.1) is 6.42 Å². The van der Waals surface area contributed by atoms with Crippen LogP contribution >= 0.6 is 0 Å². The van der Waals surface area contributed by atoms with Crippen LogP contribution in [0.1, 0.15) is 28.5 Å². The van der Waals surface area contributed by atoms with E-state index in [1.807, 2.05) is 37.3 Å². The maximum absolute atomic E-state index is 12.3. The van der Waals surface area contributed by atoms with E-state index < -0.39 is 12.1 Å². The van der Waals surface area contributed by atoms with Gasteiger partial charge in [0.2, 0.25) is 5.78 Å². The Bertz CT molecular complexity index is 880. The highest BCUT2D eigenvalue weighted by atomic mass is 16.5. The lowest BCUT2D eigenvalue weighted by Crippen LogP contribution is -2.25. The van der Waals surface area contributed by atoms with Crippen LogP contribution in [-0.4, -0.2) is 23.0 Å². The van der Waals surface area contributed by atoms with Crippen molar-refractivity contribution >= 4 is 22.7 Å². The second-order valence-electron chi connectivity index (χ2n) is 5.66. The van der Waals surface area contributed by atoms with Gasteiger partial charge in [-0.2, -0.15) is 0 Å². The molecule has 0 spiro atoms. The Labute approximate surface area is 139 Å². The minimum absolute atomic E-state index is 0.0392. The number of aromatic nitrogens is 1. The summed E-state index contributed by atoms with van der Waals surface area (Å²) >= 11 is 0. The lowest BCUT2D eigenvalue weighted by molar-refractivity contribution is -0.145. The summed E-state index contributed by atoms with van der Waals surface area (Å²) in [5.41, 5.74) is 2.71. The number of esters is 1. The molecular weight excluding hydrogens is 306 g/mol. The molecule has 2 aromatic carbocycles. The minimum Gasteiger partial charge on any atom is -0.454 e. The van der Waals surface area contributed by atoms with Crippen molar-refractivity contribution in [2.75, 3.05) is 0 Å². The number of carbonyl (C=O) groups excluding carboxylic acids is 2. The molecule has 1 aromatic heterocycles. The van der Waals surface area contributed by atoms with Gasteiger partial charge in [0.1, 0.15) is 5.69 Å². The van der Waals surface area contributed by atoms with Gasteiger partial charge in [-0.25, -0.2) is 0 Å². The number of rotatable bonds is 5. The zero-order valence-electron chi connectivity index (χ0n) is 13.5. The third-order valence-corrected chi connectivity index (χ3v) is 3.78. The first-order chi connectivity index (χ1) is 11.5. The highest BCUT2D eigenvalue weighted by Crippen LogP contribution is 2.18. The highest BCUT2D eigenvalue weighted by Gasteiger charge is 2.21. The topological polar surface area (TPSA) is 69.4 Å². The summed E-state index contributed by atoms with van der Waals surface area (Å²) in [4.78, 5) is 24.4. The molecule has 0 aliphatic rings. The largest absolute Gasteiger partial charge is 0.454 e.